The molecule has 0 aromatic carbocycles. The highest BCUT2D eigenvalue weighted by Crippen LogP contribution is 2.00. The molecule has 0 saturated carbocycles. The highest BCUT2D eigenvalue weighted by molar-refractivity contribution is 5.79. The monoisotopic (exact) mass is 174 g/mol. The van der Waals surface area contributed by atoms with Gasteiger partial charge in [-0.3, -0.25) is 9.59 Å². The van der Waals surface area contributed by atoms with Crippen molar-refractivity contribution in [3.63, 3.8) is 0 Å². The molecule has 1 amide bonds. The molecule has 1 rings (SSSR count). The molecule has 0 bridgehead atoms. The topological polar surface area (TPSA) is 78.4 Å². The molecular weight excluding hydrogens is 160 g/mol. The van der Waals surface area contributed by atoms with Crippen LogP contribution in [-0.4, -0.2) is 37.1 Å². The zero-order chi connectivity index (χ0) is 9.40. The van der Waals surface area contributed by atoms with E-state index in [0.717, 1.165) is 19.6 Å². The Morgan fingerprint density at radius 1 is 1.75 bits per heavy atom. The lowest BCUT2D eigenvalue weighted by atomic mass is 10.0. The third kappa shape index (κ3) is 3.92. The Bertz CT molecular complexity index is 146. The van der Waals surface area contributed by atoms with Crippen molar-refractivity contribution in [2.45, 2.75) is 6.92 Å². The van der Waals surface area contributed by atoms with E-state index < -0.39 is 0 Å². The highest BCUT2D eigenvalue weighted by Gasteiger charge is 2.23. The third-order valence-corrected chi connectivity index (χ3v) is 1.50. The number of rotatable bonds is 2. The number of carbonyl (C=O) groups excluding carboxylic acids is 1. The summed E-state index contributed by atoms with van der Waals surface area (Å²) in [6, 6.07) is 0. The number of hydrogen-bond donors (Lipinski definition) is 3. The summed E-state index contributed by atoms with van der Waals surface area (Å²) in [7, 11) is 0. The molecule has 5 heteroatoms. The average Bonchev–Trinajstić information content (AvgIpc) is 1.85. The molecule has 0 aliphatic carbocycles. The van der Waals surface area contributed by atoms with Crippen molar-refractivity contribution in [1.29, 1.82) is 0 Å². The summed E-state index contributed by atoms with van der Waals surface area (Å²) in [5.41, 5.74) is 0. The van der Waals surface area contributed by atoms with E-state index in [9.17, 15) is 4.79 Å². The predicted octanol–water partition coefficient (Wildman–Crippen LogP) is -0.957. The van der Waals surface area contributed by atoms with E-state index in [1.54, 1.807) is 0 Å². The lowest BCUT2D eigenvalue weighted by Gasteiger charge is -2.25. The number of hydrogen-bond acceptors (Lipinski definition) is 3. The molecule has 0 aromatic heterocycles. The van der Waals surface area contributed by atoms with Crippen molar-refractivity contribution in [1.82, 2.24) is 10.6 Å². The molecule has 0 aromatic rings. The fourth-order valence-electron chi connectivity index (χ4n) is 0.793. The maximum atomic E-state index is 10.9. The van der Waals surface area contributed by atoms with Gasteiger partial charge in [-0.2, -0.15) is 0 Å². The van der Waals surface area contributed by atoms with Gasteiger partial charge in [-0.05, 0) is 6.92 Å². The summed E-state index contributed by atoms with van der Waals surface area (Å²) in [5.74, 6) is 0.432. The molecule has 70 valence electrons. The minimum absolute atomic E-state index is 0.191. The van der Waals surface area contributed by atoms with Gasteiger partial charge in [0.25, 0.3) is 6.47 Å². The van der Waals surface area contributed by atoms with Crippen LogP contribution >= 0.6 is 0 Å². The van der Waals surface area contributed by atoms with Crippen LogP contribution in [0.25, 0.3) is 0 Å². The van der Waals surface area contributed by atoms with Gasteiger partial charge in [0.15, 0.2) is 0 Å². The van der Waals surface area contributed by atoms with Crippen LogP contribution in [0.5, 0.6) is 0 Å². The van der Waals surface area contributed by atoms with Gasteiger partial charge in [0.05, 0.1) is 5.92 Å². The lowest BCUT2D eigenvalue weighted by molar-refractivity contribution is -0.126. The van der Waals surface area contributed by atoms with Gasteiger partial charge in [-0.25, -0.2) is 0 Å². The van der Waals surface area contributed by atoms with Gasteiger partial charge >= 0.3 is 0 Å². The fourth-order valence-corrected chi connectivity index (χ4v) is 0.793. The van der Waals surface area contributed by atoms with E-state index in [-0.39, 0.29) is 18.3 Å². The minimum Gasteiger partial charge on any atom is -0.483 e. The first-order valence-electron chi connectivity index (χ1n) is 3.82. The molecule has 0 radical (unpaired) electrons. The van der Waals surface area contributed by atoms with Crippen LogP contribution < -0.4 is 10.6 Å². The maximum Gasteiger partial charge on any atom is 0.290 e. The number of carbonyl (C=O) groups is 2. The van der Waals surface area contributed by atoms with Gasteiger partial charge in [0.2, 0.25) is 5.91 Å². The zero-order valence-corrected chi connectivity index (χ0v) is 7.04. The molecular formula is C7H14N2O3. The first kappa shape index (κ1) is 10.9. The van der Waals surface area contributed by atoms with Crippen molar-refractivity contribution in [2.24, 2.45) is 5.92 Å². The summed E-state index contributed by atoms with van der Waals surface area (Å²) >= 11 is 0. The summed E-state index contributed by atoms with van der Waals surface area (Å²) in [4.78, 5) is 19.2. The van der Waals surface area contributed by atoms with Gasteiger partial charge in [0.1, 0.15) is 0 Å². The number of nitrogens with one attached hydrogen (secondary N) is 2. The molecule has 1 aliphatic rings. The Morgan fingerprint density at radius 3 is 2.50 bits per heavy atom. The Balaban J connectivity index is 0.000000354. The third-order valence-electron chi connectivity index (χ3n) is 1.50. The van der Waals surface area contributed by atoms with Crippen molar-refractivity contribution >= 4 is 12.4 Å². The van der Waals surface area contributed by atoms with Gasteiger partial charge in [0, 0.05) is 19.6 Å². The van der Waals surface area contributed by atoms with E-state index in [0.29, 0.717) is 0 Å². The van der Waals surface area contributed by atoms with E-state index >= 15 is 0 Å². The molecule has 1 heterocycles. The predicted molar refractivity (Wildman–Crippen MR) is 43.7 cm³/mol. The molecule has 0 atom stereocenters. The Hall–Kier alpha value is -1.10. The van der Waals surface area contributed by atoms with Crippen LogP contribution in [0.1, 0.15) is 6.92 Å². The van der Waals surface area contributed by atoms with E-state index in [2.05, 4.69) is 10.6 Å². The highest BCUT2D eigenvalue weighted by atomic mass is 16.3. The maximum absolute atomic E-state index is 10.9. The second-order valence-corrected chi connectivity index (χ2v) is 2.36. The quantitative estimate of drug-likeness (QED) is 0.471. The van der Waals surface area contributed by atoms with E-state index in [1.807, 2.05) is 6.92 Å². The molecule has 12 heavy (non-hydrogen) atoms. The van der Waals surface area contributed by atoms with Crippen molar-refractivity contribution < 1.29 is 14.7 Å². The normalized spacial score (nSPS) is 15.1. The summed E-state index contributed by atoms with van der Waals surface area (Å²) in [6.45, 7) is 4.14. The van der Waals surface area contributed by atoms with Gasteiger partial charge in [-0.1, -0.05) is 0 Å². The second kappa shape index (κ2) is 6.60. The van der Waals surface area contributed by atoms with Gasteiger partial charge in [-0.15, -0.1) is 0 Å². The summed E-state index contributed by atoms with van der Waals surface area (Å²) in [5, 5.41) is 12.7. The molecule has 0 unspecified atom stereocenters. The molecule has 1 aliphatic heterocycles. The van der Waals surface area contributed by atoms with Crippen LogP contribution in [0.3, 0.4) is 0 Å². The minimum atomic E-state index is -0.250. The first-order chi connectivity index (χ1) is 5.76. The van der Waals surface area contributed by atoms with Crippen LogP contribution in [0.2, 0.25) is 0 Å². The van der Waals surface area contributed by atoms with Crippen molar-refractivity contribution in [2.75, 3.05) is 19.6 Å². The molecule has 3 N–H and O–H groups in total. The zero-order valence-electron chi connectivity index (χ0n) is 7.04. The first-order valence-corrected chi connectivity index (χ1v) is 3.82. The molecule has 1 saturated heterocycles. The Morgan fingerprint density at radius 2 is 2.25 bits per heavy atom. The van der Waals surface area contributed by atoms with Gasteiger partial charge < -0.3 is 15.7 Å². The van der Waals surface area contributed by atoms with Crippen LogP contribution in [0.15, 0.2) is 0 Å². The lowest BCUT2D eigenvalue weighted by Crippen LogP contribution is -2.50. The number of carboxylic acid groups (broad SMARTS) is 1. The smallest absolute Gasteiger partial charge is 0.290 e. The molecule has 0 spiro atoms. The molecule has 1 fully saturated rings. The van der Waals surface area contributed by atoms with Crippen LogP contribution in [-0.2, 0) is 9.59 Å². The largest absolute Gasteiger partial charge is 0.483 e. The summed E-state index contributed by atoms with van der Waals surface area (Å²) in [6.07, 6.45) is 0. The molecule has 5 nitrogen and oxygen atoms in total. The van der Waals surface area contributed by atoms with Crippen LogP contribution in [0, 0.1) is 5.92 Å². The average molecular weight is 174 g/mol. The Labute approximate surface area is 71.1 Å². The fraction of sp³-hybridized carbons (Fsp3) is 0.714. The summed E-state index contributed by atoms with van der Waals surface area (Å²) < 4.78 is 0. The van der Waals surface area contributed by atoms with E-state index in [4.69, 9.17) is 9.90 Å². The van der Waals surface area contributed by atoms with Crippen molar-refractivity contribution in [3.8, 4) is 0 Å². The van der Waals surface area contributed by atoms with Crippen molar-refractivity contribution in [3.05, 3.63) is 0 Å². The van der Waals surface area contributed by atoms with E-state index in [1.165, 1.54) is 0 Å². The standard InChI is InChI=1S/C6H12N2O.CH2O2/c1-2-8-6(9)5-3-7-4-5;2-1-3/h5,7H,2-4H2,1H3,(H,8,9);1H,(H,2,3). The number of amides is 1. The Kier molecular flexibility index (Phi) is 6.00. The second-order valence-electron chi connectivity index (χ2n) is 2.36. The SMILES string of the molecule is CCNC(=O)C1CNC1.O=CO. The van der Waals surface area contributed by atoms with Crippen LogP contribution in [0.4, 0.5) is 0 Å².